The Morgan fingerprint density at radius 3 is 1.96 bits per heavy atom. The lowest BCUT2D eigenvalue weighted by Crippen LogP contribution is -2.61. The molecule has 3 saturated heterocycles. The average molecular weight is 1020 g/mol. The summed E-state index contributed by atoms with van der Waals surface area (Å²) < 4.78 is 44.7. The topological polar surface area (TPSA) is 210 Å². The van der Waals surface area contributed by atoms with Crippen LogP contribution in [0, 0.1) is 17.8 Å². The molecule has 3 aliphatic heterocycles. The van der Waals surface area contributed by atoms with Crippen LogP contribution in [0.4, 0.5) is 4.79 Å². The Labute approximate surface area is 429 Å². The number of esters is 1. The molecule has 0 aromatic rings. The molecule has 0 aromatic carbocycles. The fourth-order valence-corrected chi connectivity index (χ4v) is 11.5. The van der Waals surface area contributed by atoms with Crippen molar-refractivity contribution < 1.29 is 63.2 Å². The summed E-state index contributed by atoms with van der Waals surface area (Å²) in [5, 5.41) is 48.0. The highest BCUT2D eigenvalue weighted by atomic mass is 16.7. The number of methoxy groups -OCH3 is 1. The van der Waals surface area contributed by atoms with E-state index in [2.05, 4.69) is 17.8 Å². The third-order valence-corrected chi connectivity index (χ3v) is 16.0. The van der Waals surface area contributed by atoms with Gasteiger partial charge in [0, 0.05) is 44.6 Å². The van der Waals surface area contributed by atoms with E-state index in [1.165, 1.54) is 78.2 Å². The number of carbonyl (C=O) groups is 2. The molecule has 0 bridgehead atoms. The first-order valence-corrected chi connectivity index (χ1v) is 27.6. The molecule has 18 atom stereocenters. The van der Waals surface area contributed by atoms with E-state index >= 15 is 0 Å². The molecule has 3 heterocycles. The van der Waals surface area contributed by atoms with Gasteiger partial charge in [-0.25, -0.2) is 10.2 Å². The zero-order valence-electron chi connectivity index (χ0n) is 47.0. The predicted octanol–water partition coefficient (Wildman–Crippen LogP) is 7.23. The van der Waals surface area contributed by atoms with Gasteiger partial charge in [0.1, 0.15) is 29.5 Å². The quantitative estimate of drug-likeness (QED) is 0.0339. The lowest BCUT2D eigenvalue weighted by Gasteiger charge is -2.49. The van der Waals surface area contributed by atoms with Crippen molar-refractivity contribution in [1.82, 2.24) is 20.7 Å². The second kappa shape index (κ2) is 30.1. The number of nitrogens with one attached hydrogen (secondary N) is 2. The minimum absolute atomic E-state index is 0.0807. The summed E-state index contributed by atoms with van der Waals surface area (Å²) in [5.41, 5.74) is 1.13. The maximum absolute atomic E-state index is 14.5. The minimum atomic E-state index is -1.83. The van der Waals surface area contributed by atoms with E-state index in [1.54, 1.807) is 34.6 Å². The van der Waals surface area contributed by atoms with Crippen molar-refractivity contribution in [3.8, 4) is 0 Å². The van der Waals surface area contributed by atoms with Crippen LogP contribution in [-0.4, -0.2) is 174 Å². The highest BCUT2D eigenvalue weighted by Gasteiger charge is 2.54. The summed E-state index contributed by atoms with van der Waals surface area (Å²) >= 11 is 0. The first kappa shape index (κ1) is 63.6. The van der Waals surface area contributed by atoms with Gasteiger partial charge in [-0.1, -0.05) is 105 Å². The monoisotopic (exact) mass is 1020 g/mol. The zero-order chi connectivity index (χ0) is 53.3. The number of amides is 1. The van der Waals surface area contributed by atoms with E-state index < -0.39 is 102 Å². The van der Waals surface area contributed by atoms with Crippen molar-refractivity contribution in [3.63, 3.8) is 0 Å². The fraction of sp³-hybridized carbons (Fsp3) is 0.963. The van der Waals surface area contributed by atoms with E-state index in [4.69, 9.17) is 33.2 Å². The maximum atomic E-state index is 14.5. The van der Waals surface area contributed by atoms with Crippen molar-refractivity contribution in [2.45, 2.75) is 276 Å². The van der Waals surface area contributed by atoms with Gasteiger partial charge in [-0.2, -0.15) is 0 Å². The van der Waals surface area contributed by atoms with E-state index in [0.717, 1.165) is 19.3 Å². The average Bonchev–Trinajstić information content (AvgIpc) is 3.30. The molecule has 3 aliphatic rings. The van der Waals surface area contributed by atoms with Crippen LogP contribution in [0.15, 0.2) is 0 Å². The molecule has 17 nitrogen and oxygen atoms in total. The van der Waals surface area contributed by atoms with Crippen LogP contribution in [0.1, 0.15) is 185 Å². The van der Waals surface area contributed by atoms with Gasteiger partial charge in [-0.05, 0) is 101 Å². The highest BCUT2D eigenvalue weighted by molar-refractivity contribution is 5.73. The van der Waals surface area contributed by atoms with E-state index in [-0.39, 0.29) is 37.3 Å². The summed E-state index contributed by atoms with van der Waals surface area (Å²) in [7, 11) is 7.15. The van der Waals surface area contributed by atoms with Gasteiger partial charge in [0.05, 0.1) is 35.9 Å². The third-order valence-electron chi connectivity index (χ3n) is 16.0. The normalized spacial score (nSPS) is 39.4. The number of carbonyl (C=O) groups excluding carboxylic acids is 2. The first-order chi connectivity index (χ1) is 33.3. The van der Waals surface area contributed by atoms with Gasteiger partial charge in [0.2, 0.25) is 0 Å². The molecule has 6 N–H and O–H groups in total. The molecule has 71 heavy (non-hydrogen) atoms. The summed E-state index contributed by atoms with van der Waals surface area (Å²) in [6.07, 6.45) is 7.05. The van der Waals surface area contributed by atoms with Crippen LogP contribution in [0.5, 0.6) is 0 Å². The summed E-state index contributed by atoms with van der Waals surface area (Å²) in [6.45, 7) is 21.0. The van der Waals surface area contributed by atoms with Crippen molar-refractivity contribution >= 4 is 12.1 Å². The number of hydrazine groups is 1. The molecule has 3 rings (SSSR count). The van der Waals surface area contributed by atoms with Crippen molar-refractivity contribution in [1.29, 1.82) is 0 Å². The Morgan fingerprint density at radius 2 is 1.41 bits per heavy atom. The highest BCUT2D eigenvalue weighted by Crippen LogP contribution is 2.41. The van der Waals surface area contributed by atoms with Crippen LogP contribution >= 0.6 is 0 Å². The van der Waals surface area contributed by atoms with Gasteiger partial charge in [0.25, 0.3) is 0 Å². The number of hydrogen-bond acceptors (Lipinski definition) is 16. The zero-order valence-corrected chi connectivity index (χ0v) is 47.0. The van der Waals surface area contributed by atoms with Crippen molar-refractivity contribution in [2.24, 2.45) is 17.8 Å². The molecule has 418 valence electrons. The molecular formula is C54H104N4O13. The standard InChI is InChI=1S/C54H104N4O13/c1-16-18-19-20-21-22-23-24-25-26-27-28-29-30-55-56-51(62)71-48-40(8)67-43(33-53(48,10)65-15)69-45-37(5)47(70-50-44(59)41(57(12)13)31-36(4)66-50)52(9,63)32-35(3)34-58(14)39(7)46(60)54(11,64)42(17-2)68-49(61)38(45)6/h35-48,50,55,59-60,63-64H,16-34H2,1-15H3,(H,56,62)/t35-,36-,37+,38-,39-,40+,41+,42-,43+,44-,45+,46-,47-,48+,50+,52-,53-,54-/m1/s1. The predicted molar refractivity (Wildman–Crippen MR) is 275 cm³/mol. The minimum Gasteiger partial charge on any atom is -0.459 e. The lowest BCUT2D eigenvalue weighted by atomic mass is 9.77. The Morgan fingerprint density at radius 1 is 0.831 bits per heavy atom. The molecular weight excluding hydrogens is 913 g/mol. The van der Waals surface area contributed by atoms with E-state index in [0.29, 0.717) is 19.5 Å². The Bertz CT molecular complexity index is 1530. The SMILES string of the molecule is CCCCCCCCCCCCCCCNNC(=O)O[C@H]1[C@H](C)O[C@@H](O[C@H]2[C@H](C)[C@@H](O[C@@H]3O[C@H](C)C[C@H](N(C)C)[C@H]3O)[C@](C)(O)C[C@@H](C)CN(C)[C@H](C)[C@@H](O)[C@](C)(O)[C@@H](CC)OC(=O)[C@@H]2C)C[C@@]1(C)OC. The molecule has 0 radical (unpaired) electrons. The Balaban J connectivity index is 1.83. The van der Waals surface area contributed by atoms with Gasteiger partial charge < -0.3 is 63.4 Å². The molecule has 0 aromatic heterocycles. The molecule has 0 aliphatic carbocycles. The van der Waals surface area contributed by atoms with Gasteiger partial charge >= 0.3 is 12.1 Å². The molecule has 3 fully saturated rings. The van der Waals surface area contributed by atoms with Crippen LogP contribution < -0.4 is 10.9 Å². The van der Waals surface area contributed by atoms with Crippen molar-refractivity contribution in [3.05, 3.63) is 0 Å². The maximum Gasteiger partial charge on any atom is 0.422 e. The molecule has 0 unspecified atom stereocenters. The van der Waals surface area contributed by atoms with E-state index in [9.17, 15) is 30.0 Å². The van der Waals surface area contributed by atoms with Crippen LogP contribution in [0.2, 0.25) is 0 Å². The number of rotatable bonds is 23. The second-order valence-corrected chi connectivity index (χ2v) is 22.8. The fourth-order valence-electron chi connectivity index (χ4n) is 11.5. The molecule has 0 saturated carbocycles. The van der Waals surface area contributed by atoms with Crippen LogP contribution in [-0.2, 0) is 38.0 Å². The Kier molecular flexibility index (Phi) is 27.0. The second-order valence-electron chi connectivity index (χ2n) is 22.8. The number of nitrogens with zero attached hydrogens (tertiary/aromatic N) is 2. The number of cyclic esters (lactones) is 1. The number of aliphatic hydroxyl groups is 4. The van der Waals surface area contributed by atoms with Crippen LogP contribution in [0.25, 0.3) is 0 Å². The van der Waals surface area contributed by atoms with Gasteiger partial charge in [-0.15, -0.1) is 0 Å². The molecule has 0 spiro atoms. The van der Waals surface area contributed by atoms with Crippen LogP contribution in [0.3, 0.4) is 0 Å². The number of ether oxygens (including phenoxy) is 7. The largest absolute Gasteiger partial charge is 0.459 e. The first-order valence-electron chi connectivity index (χ1n) is 27.6. The van der Waals surface area contributed by atoms with Gasteiger partial charge in [-0.3, -0.25) is 10.2 Å². The molecule has 17 heteroatoms. The number of likely N-dealkylation sites (N-methyl/N-ethyl adjacent to an activating group) is 2. The van der Waals surface area contributed by atoms with Gasteiger partial charge in [0.15, 0.2) is 18.7 Å². The molecule has 1 amide bonds. The smallest absolute Gasteiger partial charge is 0.422 e. The number of unbranched alkanes of at least 4 members (excludes halogenated alkanes) is 12. The number of hydrogen-bond donors (Lipinski definition) is 6. The lowest BCUT2D eigenvalue weighted by molar-refractivity contribution is -0.317. The van der Waals surface area contributed by atoms with Crippen molar-refractivity contribution in [2.75, 3.05) is 41.3 Å². The summed E-state index contributed by atoms with van der Waals surface area (Å²) in [5.74, 6) is -2.74. The number of aliphatic hydroxyl groups excluding tert-OH is 2. The van der Waals surface area contributed by atoms with E-state index in [1.807, 2.05) is 58.6 Å². The summed E-state index contributed by atoms with van der Waals surface area (Å²) in [6, 6.07) is -0.859. The summed E-state index contributed by atoms with van der Waals surface area (Å²) in [4.78, 5) is 31.6. The Hall–Kier alpha value is -1.74. The third kappa shape index (κ3) is 18.8.